The van der Waals surface area contributed by atoms with Gasteiger partial charge in [0, 0.05) is 5.69 Å². The smallest absolute Gasteiger partial charge is 0.348 e. The number of nitrogen functional groups attached to an aromatic ring is 1. The van der Waals surface area contributed by atoms with Crippen LogP contribution in [-0.4, -0.2) is 12.6 Å². The summed E-state index contributed by atoms with van der Waals surface area (Å²) >= 11 is 0. The average molecular weight is 216 g/mol. The molecule has 0 aliphatic carbocycles. The molecule has 1 aromatic rings. The maximum Gasteiger partial charge on any atom is 0.348 e. The summed E-state index contributed by atoms with van der Waals surface area (Å²) in [6, 6.07) is 8.72. The molecule has 4 heteroatoms. The number of nitrogens with zero attached hydrogens (tertiary/aromatic N) is 1. The first-order valence-corrected chi connectivity index (χ1v) is 4.82. The number of ether oxygens (including phenoxy) is 1. The fourth-order valence-corrected chi connectivity index (χ4v) is 1.16. The molecule has 0 saturated carbocycles. The molecule has 0 bridgehead atoms. The Labute approximate surface area is 93.9 Å². The van der Waals surface area contributed by atoms with Gasteiger partial charge >= 0.3 is 5.97 Å². The maximum absolute atomic E-state index is 11.3. The molecular formula is C12H12N2O2. The minimum Gasteiger partial charge on any atom is -0.462 e. The summed E-state index contributed by atoms with van der Waals surface area (Å²) in [6.07, 6.45) is 1.45. The van der Waals surface area contributed by atoms with Gasteiger partial charge in [-0.2, -0.15) is 5.26 Å². The van der Waals surface area contributed by atoms with E-state index >= 15 is 0 Å². The fraction of sp³-hybridized carbons (Fsp3) is 0.167. The zero-order chi connectivity index (χ0) is 12.0. The van der Waals surface area contributed by atoms with Gasteiger partial charge in [0.25, 0.3) is 0 Å². The highest BCUT2D eigenvalue weighted by molar-refractivity contribution is 5.97. The van der Waals surface area contributed by atoms with Crippen molar-refractivity contribution in [1.29, 1.82) is 5.26 Å². The van der Waals surface area contributed by atoms with Crippen LogP contribution in [0.5, 0.6) is 0 Å². The summed E-state index contributed by atoms with van der Waals surface area (Å²) < 4.78 is 4.74. The van der Waals surface area contributed by atoms with Gasteiger partial charge in [0.15, 0.2) is 0 Å². The Morgan fingerprint density at radius 2 is 2.38 bits per heavy atom. The Morgan fingerprint density at radius 3 is 2.94 bits per heavy atom. The summed E-state index contributed by atoms with van der Waals surface area (Å²) in [5.74, 6) is -0.618. The molecule has 0 aliphatic heterocycles. The highest BCUT2D eigenvalue weighted by Crippen LogP contribution is 2.11. The van der Waals surface area contributed by atoms with Crippen LogP contribution >= 0.6 is 0 Å². The molecule has 0 aliphatic rings. The van der Waals surface area contributed by atoms with Crippen LogP contribution in [0.25, 0.3) is 6.08 Å². The molecule has 4 nitrogen and oxygen atoms in total. The fourth-order valence-electron chi connectivity index (χ4n) is 1.16. The minimum atomic E-state index is -0.618. The summed E-state index contributed by atoms with van der Waals surface area (Å²) in [6.45, 7) is 1.93. The summed E-state index contributed by atoms with van der Waals surface area (Å²) in [7, 11) is 0. The molecule has 2 N–H and O–H groups in total. The van der Waals surface area contributed by atoms with Crippen LogP contribution < -0.4 is 5.73 Å². The van der Waals surface area contributed by atoms with E-state index in [9.17, 15) is 4.79 Å². The first-order chi connectivity index (χ1) is 7.67. The monoisotopic (exact) mass is 216 g/mol. The Bertz CT molecular complexity index is 458. The number of nitriles is 1. The highest BCUT2D eigenvalue weighted by Gasteiger charge is 2.09. The number of hydrogen-bond acceptors (Lipinski definition) is 4. The third-order valence-corrected chi connectivity index (χ3v) is 1.84. The zero-order valence-electron chi connectivity index (χ0n) is 8.93. The van der Waals surface area contributed by atoms with Crippen molar-refractivity contribution >= 4 is 17.7 Å². The van der Waals surface area contributed by atoms with E-state index in [4.69, 9.17) is 15.7 Å². The first-order valence-electron chi connectivity index (χ1n) is 4.82. The van der Waals surface area contributed by atoms with E-state index in [1.54, 1.807) is 37.3 Å². The van der Waals surface area contributed by atoms with Crippen LogP contribution in [0.3, 0.4) is 0 Å². The Hall–Kier alpha value is -2.28. The number of carbonyl (C=O) groups excluding carboxylic acids is 1. The van der Waals surface area contributed by atoms with Crippen LogP contribution in [0.2, 0.25) is 0 Å². The molecule has 1 rings (SSSR count). The second kappa shape index (κ2) is 5.56. The molecule has 0 amide bonds. The molecule has 1 aromatic carbocycles. The molecular weight excluding hydrogens is 204 g/mol. The predicted molar refractivity (Wildman–Crippen MR) is 61.1 cm³/mol. The molecule has 0 fully saturated rings. The molecule has 16 heavy (non-hydrogen) atoms. The van der Waals surface area contributed by atoms with Gasteiger partial charge in [-0.15, -0.1) is 0 Å². The summed E-state index contributed by atoms with van der Waals surface area (Å²) in [5, 5.41) is 8.80. The summed E-state index contributed by atoms with van der Waals surface area (Å²) in [5.41, 5.74) is 6.82. The van der Waals surface area contributed by atoms with Crippen LogP contribution in [0.1, 0.15) is 12.5 Å². The Kier molecular flexibility index (Phi) is 4.10. The lowest BCUT2D eigenvalue weighted by Crippen LogP contribution is -2.05. The van der Waals surface area contributed by atoms with E-state index in [1.807, 2.05) is 0 Å². The van der Waals surface area contributed by atoms with Gasteiger partial charge in [0.05, 0.1) is 6.61 Å². The van der Waals surface area contributed by atoms with Gasteiger partial charge in [0.2, 0.25) is 0 Å². The molecule has 0 radical (unpaired) electrons. The van der Waals surface area contributed by atoms with Crippen molar-refractivity contribution in [3.63, 3.8) is 0 Å². The van der Waals surface area contributed by atoms with Crippen molar-refractivity contribution in [1.82, 2.24) is 0 Å². The standard InChI is InChI=1S/C12H12N2O2/c1-2-16-12(15)10(8-13)6-9-4-3-5-11(14)7-9/h3-7H,2,14H2,1H3/b10-6+. The van der Waals surface area contributed by atoms with Crippen LogP contribution in [0.15, 0.2) is 29.8 Å². The van der Waals surface area contributed by atoms with Crippen molar-refractivity contribution in [2.24, 2.45) is 0 Å². The van der Waals surface area contributed by atoms with Gasteiger partial charge in [-0.1, -0.05) is 12.1 Å². The third-order valence-electron chi connectivity index (χ3n) is 1.84. The lowest BCUT2D eigenvalue weighted by Gasteiger charge is -2.00. The third kappa shape index (κ3) is 3.14. The van der Waals surface area contributed by atoms with Crippen molar-refractivity contribution in [3.05, 3.63) is 35.4 Å². The van der Waals surface area contributed by atoms with Crippen LogP contribution in [-0.2, 0) is 9.53 Å². The normalized spacial score (nSPS) is 10.6. The Balaban J connectivity index is 2.97. The molecule has 0 atom stereocenters. The van der Waals surface area contributed by atoms with E-state index < -0.39 is 5.97 Å². The number of anilines is 1. The second-order valence-corrected chi connectivity index (χ2v) is 3.06. The van der Waals surface area contributed by atoms with E-state index in [2.05, 4.69) is 0 Å². The van der Waals surface area contributed by atoms with E-state index in [0.717, 1.165) is 0 Å². The number of nitrogens with two attached hydrogens (primary N) is 1. The van der Waals surface area contributed by atoms with E-state index in [0.29, 0.717) is 11.3 Å². The number of benzene rings is 1. The number of rotatable bonds is 3. The topological polar surface area (TPSA) is 76.1 Å². The molecule has 0 aromatic heterocycles. The van der Waals surface area contributed by atoms with Crippen LogP contribution in [0, 0.1) is 11.3 Å². The molecule has 0 heterocycles. The zero-order valence-corrected chi connectivity index (χ0v) is 8.93. The molecule has 82 valence electrons. The van der Waals surface area contributed by atoms with Gasteiger partial charge in [0.1, 0.15) is 11.6 Å². The predicted octanol–water partition coefficient (Wildman–Crippen LogP) is 1.74. The van der Waals surface area contributed by atoms with E-state index in [1.165, 1.54) is 6.08 Å². The lowest BCUT2D eigenvalue weighted by molar-refractivity contribution is -0.137. The first kappa shape index (κ1) is 11.8. The highest BCUT2D eigenvalue weighted by atomic mass is 16.5. The van der Waals surface area contributed by atoms with Crippen LogP contribution in [0.4, 0.5) is 5.69 Å². The number of carbonyl (C=O) groups is 1. The molecule has 0 unspecified atom stereocenters. The molecule has 0 spiro atoms. The number of esters is 1. The molecule has 0 saturated heterocycles. The van der Waals surface area contributed by atoms with Gasteiger partial charge in [-0.05, 0) is 30.7 Å². The lowest BCUT2D eigenvalue weighted by atomic mass is 10.1. The van der Waals surface area contributed by atoms with Crippen molar-refractivity contribution in [2.45, 2.75) is 6.92 Å². The number of hydrogen-bond donors (Lipinski definition) is 1. The quantitative estimate of drug-likeness (QED) is 0.361. The Morgan fingerprint density at radius 1 is 1.62 bits per heavy atom. The SMILES string of the molecule is CCOC(=O)/C(C#N)=C/c1cccc(N)c1. The van der Waals surface area contributed by atoms with Crippen molar-refractivity contribution < 1.29 is 9.53 Å². The average Bonchev–Trinajstić information content (AvgIpc) is 2.26. The summed E-state index contributed by atoms with van der Waals surface area (Å²) in [4.78, 5) is 11.3. The minimum absolute atomic E-state index is 0.0348. The second-order valence-electron chi connectivity index (χ2n) is 3.06. The van der Waals surface area contributed by atoms with Gasteiger partial charge in [-0.25, -0.2) is 4.79 Å². The van der Waals surface area contributed by atoms with Crippen molar-refractivity contribution in [3.8, 4) is 6.07 Å². The van der Waals surface area contributed by atoms with Crippen molar-refractivity contribution in [2.75, 3.05) is 12.3 Å². The largest absolute Gasteiger partial charge is 0.462 e. The van der Waals surface area contributed by atoms with Gasteiger partial charge < -0.3 is 10.5 Å². The van der Waals surface area contributed by atoms with E-state index in [-0.39, 0.29) is 12.2 Å². The maximum atomic E-state index is 11.3. The van der Waals surface area contributed by atoms with Gasteiger partial charge in [-0.3, -0.25) is 0 Å².